The number of rotatable bonds is 3. The van der Waals surface area contributed by atoms with Gasteiger partial charge in [0.1, 0.15) is 0 Å². The Morgan fingerprint density at radius 1 is 1.11 bits per heavy atom. The molecule has 0 aliphatic heterocycles. The summed E-state index contributed by atoms with van der Waals surface area (Å²) < 4.78 is 0. The third-order valence-corrected chi connectivity index (χ3v) is 4.33. The molecule has 2 amide bonds. The number of carbonyl (C=O) groups is 1. The second-order valence-electron chi connectivity index (χ2n) is 5.59. The summed E-state index contributed by atoms with van der Waals surface area (Å²) in [6, 6.07) is 0.257. The first-order valence-corrected chi connectivity index (χ1v) is 7.42. The fourth-order valence-electron chi connectivity index (χ4n) is 2.61. The Balaban J connectivity index is 1.98. The van der Waals surface area contributed by atoms with Crippen LogP contribution in [0.1, 0.15) is 57.8 Å². The highest BCUT2D eigenvalue weighted by atomic mass is 32.1. The van der Waals surface area contributed by atoms with E-state index < -0.39 is 5.54 Å². The smallest absolute Gasteiger partial charge is 0.315 e. The SMILES string of the molecule is NC(=S)C1(NC(=O)NC2CC2)CCCCCCC1. The number of nitrogens with two attached hydrogens (primary N) is 1. The Labute approximate surface area is 114 Å². The Morgan fingerprint density at radius 3 is 2.17 bits per heavy atom. The molecular weight excluding hydrogens is 246 g/mol. The highest BCUT2D eigenvalue weighted by Crippen LogP contribution is 2.27. The van der Waals surface area contributed by atoms with Gasteiger partial charge in [-0.2, -0.15) is 0 Å². The van der Waals surface area contributed by atoms with Crippen molar-refractivity contribution in [2.75, 3.05) is 0 Å². The summed E-state index contributed by atoms with van der Waals surface area (Å²) >= 11 is 5.21. The third kappa shape index (κ3) is 3.57. The predicted octanol–water partition coefficient (Wildman–Crippen LogP) is 2.22. The van der Waals surface area contributed by atoms with Crippen LogP contribution in [0.25, 0.3) is 0 Å². The minimum absolute atomic E-state index is 0.106. The van der Waals surface area contributed by atoms with Gasteiger partial charge < -0.3 is 16.4 Å². The standard InChI is InChI=1S/C13H23N3OS/c14-11(18)13(8-4-2-1-3-5-9-13)16-12(17)15-10-6-7-10/h10H,1-9H2,(H2,14,18)(H2,15,16,17). The zero-order valence-electron chi connectivity index (χ0n) is 10.8. The highest BCUT2D eigenvalue weighted by molar-refractivity contribution is 7.80. The van der Waals surface area contributed by atoms with Crippen LogP contribution in [0, 0.1) is 0 Å². The van der Waals surface area contributed by atoms with Crippen LogP contribution in [-0.4, -0.2) is 22.6 Å². The third-order valence-electron chi connectivity index (χ3n) is 3.94. The van der Waals surface area contributed by atoms with E-state index in [0.717, 1.165) is 38.5 Å². The number of nitrogens with one attached hydrogen (secondary N) is 2. The maximum Gasteiger partial charge on any atom is 0.315 e. The molecule has 2 rings (SSSR count). The Kier molecular flexibility index (Phi) is 4.43. The molecule has 18 heavy (non-hydrogen) atoms. The molecule has 0 heterocycles. The molecule has 102 valence electrons. The molecule has 0 aromatic heterocycles. The van der Waals surface area contributed by atoms with Crippen molar-refractivity contribution < 1.29 is 4.79 Å². The van der Waals surface area contributed by atoms with Crippen molar-refractivity contribution >= 4 is 23.2 Å². The molecule has 2 aliphatic rings. The molecule has 0 aromatic rings. The topological polar surface area (TPSA) is 67.1 Å². The van der Waals surface area contributed by atoms with E-state index in [1.54, 1.807) is 0 Å². The van der Waals surface area contributed by atoms with Gasteiger partial charge in [0.05, 0.1) is 10.5 Å². The average molecular weight is 269 g/mol. The second kappa shape index (κ2) is 5.87. The van der Waals surface area contributed by atoms with Gasteiger partial charge >= 0.3 is 6.03 Å². The quantitative estimate of drug-likeness (QED) is 0.688. The number of carbonyl (C=O) groups excluding carboxylic acids is 1. The van der Waals surface area contributed by atoms with Crippen LogP contribution >= 0.6 is 12.2 Å². The van der Waals surface area contributed by atoms with Gasteiger partial charge in [-0.05, 0) is 25.7 Å². The van der Waals surface area contributed by atoms with E-state index in [1.807, 2.05) is 0 Å². The lowest BCUT2D eigenvalue weighted by Gasteiger charge is -2.35. The molecule has 0 spiro atoms. The van der Waals surface area contributed by atoms with Gasteiger partial charge in [0.25, 0.3) is 0 Å². The molecule has 0 bridgehead atoms. The van der Waals surface area contributed by atoms with Crippen LogP contribution in [0.5, 0.6) is 0 Å². The van der Waals surface area contributed by atoms with E-state index in [0.29, 0.717) is 11.0 Å². The van der Waals surface area contributed by atoms with E-state index in [4.69, 9.17) is 18.0 Å². The lowest BCUT2D eigenvalue weighted by molar-refractivity contribution is 0.227. The van der Waals surface area contributed by atoms with Gasteiger partial charge in [-0.3, -0.25) is 0 Å². The lowest BCUT2D eigenvalue weighted by atomic mass is 9.84. The van der Waals surface area contributed by atoms with E-state index >= 15 is 0 Å². The van der Waals surface area contributed by atoms with Crippen molar-refractivity contribution in [3.05, 3.63) is 0 Å². The largest absolute Gasteiger partial charge is 0.391 e. The predicted molar refractivity (Wildman–Crippen MR) is 76.5 cm³/mol. The van der Waals surface area contributed by atoms with Crippen LogP contribution in [-0.2, 0) is 0 Å². The molecule has 0 radical (unpaired) electrons. The van der Waals surface area contributed by atoms with Gasteiger partial charge in [-0.25, -0.2) is 4.79 Å². The van der Waals surface area contributed by atoms with Crippen LogP contribution in [0.2, 0.25) is 0 Å². The van der Waals surface area contributed by atoms with Gasteiger partial charge in [0.2, 0.25) is 0 Å². The summed E-state index contributed by atoms with van der Waals surface area (Å²) in [6.07, 6.45) is 9.79. The molecule has 2 aliphatic carbocycles. The van der Waals surface area contributed by atoms with Crippen LogP contribution in [0.4, 0.5) is 4.79 Å². The number of amides is 2. The minimum atomic E-state index is -0.464. The molecule has 2 fully saturated rings. The molecule has 4 N–H and O–H groups in total. The molecule has 0 unspecified atom stereocenters. The molecule has 0 aromatic carbocycles. The zero-order chi connectivity index (χ0) is 13.0. The van der Waals surface area contributed by atoms with Crippen molar-refractivity contribution in [3.63, 3.8) is 0 Å². The highest BCUT2D eigenvalue weighted by Gasteiger charge is 2.36. The fourth-order valence-corrected chi connectivity index (χ4v) is 2.86. The summed E-state index contributed by atoms with van der Waals surface area (Å²) in [5, 5.41) is 6.01. The summed E-state index contributed by atoms with van der Waals surface area (Å²) in [6.45, 7) is 0. The summed E-state index contributed by atoms with van der Waals surface area (Å²) in [7, 11) is 0. The van der Waals surface area contributed by atoms with E-state index in [9.17, 15) is 4.79 Å². The first kappa shape index (κ1) is 13.6. The van der Waals surface area contributed by atoms with Crippen molar-refractivity contribution in [3.8, 4) is 0 Å². The Bertz CT molecular complexity index is 320. The van der Waals surface area contributed by atoms with Crippen molar-refractivity contribution in [1.82, 2.24) is 10.6 Å². The monoisotopic (exact) mass is 269 g/mol. The van der Waals surface area contributed by atoms with Gasteiger partial charge in [-0.15, -0.1) is 0 Å². The van der Waals surface area contributed by atoms with E-state index in [2.05, 4.69) is 10.6 Å². The zero-order valence-corrected chi connectivity index (χ0v) is 11.7. The van der Waals surface area contributed by atoms with Crippen LogP contribution < -0.4 is 16.4 Å². The number of urea groups is 1. The maximum absolute atomic E-state index is 11.9. The summed E-state index contributed by atoms with van der Waals surface area (Å²) in [5.74, 6) is 0. The number of thiocarbonyl (C=S) groups is 1. The maximum atomic E-state index is 11.9. The van der Waals surface area contributed by atoms with Crippen molar-refractivity contribution in [2.24, 2.45) is 5.73 Å². The molecule has 2 saturated carbocycles. The molecular formula is C13H23N3OS. The normalized spacial score (nSPS) is 23.6. The lowest BCUT2D eigenvalue weighted by Crippen LogP contribution is -2.59. The minimum Gasteiger partial charge on any atom is -0.391 e. The Morgan fingerprint density at radius 2 is 1.67 bits per heavy atom. The van der Waals surface area contributed by atoms with E-state index in [1.165, 1.54) is 19.3 Å². The molecule has 5 heteroatoms. The van der Waals surface area contributed by atoms with Crippen molar-refractivity contribution in [1.29, 1.82) is 0 Å². The fraction of sp³-hybridized carbons (Fsp3) is 0.846. The molecule has 4 nitrogen and oxygen atoms in total. The van der Waals surface area contributed by atoms with Crippen LogP contribution in [0.15, 0.2) is 0 Å². The van der Waals surface area contributed by atoms with Gasteiger partial charge in [0.15, 0.2) is 0 Å². The average Bonchev–Trinajstić information content (AvgIpc) is 3.05. The van der Waals surface area contributed by atoms with Crippen LogP contribution in [0.3, 0.4) is 0 Å². The van der Waals surface area contributed by atoms with E-state index in [-0.39, 0.29) is 6.03 Å². The Hall–Kier alpha value is -0.840. The molecule has 0 atom stereocenters. The van der Waals surface area contributed by atoms with Gasteiger partial charge in [0, 0.05) is 6.04 Å². The second-order valence-corrected chi connectivity index (χ2v) is 6.03. The summed E-state index contributed by atoms with van der Waals surface area (Å²) in [5.41, 5.74) is 5.44. The number of hydrogen-bond acceptors (Lipinski definition) is 2. The van der Waals surface area contributed by atoms with Gasteiger partial charge in [-0.1, -0.05) is 44.3 Å². The first-order chi connectivity index (χ1) is 8.62. The van der Waals surface area contributed by atoms with Crippen molar-refractivity contribution in [2.45, 2.75) is 69.4 Å². The summed E-state index contributed by atoms with van der Waals surface area (Å²) in [4.78, 5) is 12.4. The molecule has 0 saturated heterocycles. The number of hydrogen-bond donors (Lipinski definition) is 3. The first-order valence-electron chi connectivity index (χ1n) is 7.01.